The van der Waals surface area contributed by atoms with Crippen LogP contribution in [0.2, 0.25) is 0 Å². The second-order valence-corrected chi connectivity index (χ2v) is 4.89. The van der Waals surface area contributed by atoms with Crippen molar-refractivity contribution in [1.82, 2.24) is 5.32 Å². The van der Waals surface area contributed by atoms with Crippen LogP contribution in [-0.2, 0) is 0 Å². The van der Waals surface area contributed by atoms with Gasteiger partial charge >= 0.3 is 5.69 Å². The highest BCUT2D eigenvalue weighted by molar-refractivity contribution is 9.10. The zero-order valence-corrected chi connectivity index (χ0v) is 10.8. The van der Waals surface area contributed by atoms with Crippen molar-refractivity contribution in [1.29, 1.82) is 0 Å². The molecule has 1 heterocycles. The van der Waals surface area contributed by atoms with Gasteiger partial charge in [-0.25, -0.2) is 0 Å². The molecule has 0 saturated carbocycles. The van der Waals surface area contributed by atoms with Crippen LogP contribution in [0.1, 0.15) is 12.8 Å². The standard InChI is InChI=1S/C11H13BrN2O3/c12-8-3-4-10(14(15)16)11(6-8)17-7-9-2-1-5-13-9/h3-4,6,9,13H,1-2,5,7H2. The predicted molar refractivity (Wildman–Crippen MR) is 67.3 cm³/mol. The maximum atomic E-state index is 10.8. The van der Waals surface area contributed by atoms with Crippen LogP contribution in [-0.4, -0.2) is 24.1 Å². The molecule has 0 aliphatic carbocycles. The Labute approximate surface area is 107 Å². The number of rotatable bonds is 4. The van der Waals surface area contributed by atoms with E-state index in [0.717, 1.165) is 23.9 Å². The van der Waals surface area contributed by atoms with Crippen LogP contribution in [0.3, 0.4) is 0 Å². The van der Waals surface area contributed by atoms with Gasteiger partial charge in [0.05, 0.1) is 4.92 Å². The Morgan fingerprint density at radius 3 is 3.06 bits per heavy atom. The van der Waals surface area contributed by atoms with Crippen molar-refractivity contribution in [2.24, 2.45) is 0 Å². The molecule has 5 nitrogen and oxygen atoms in total. The molecule has 0 aromatic heterocycles. The summed E-state index contributed by atoms with van der Waals surface area (Å²) in [6, 6.07) is 5.02. The van der Waals surface area contributed by atoms with E-state index in [2.05, 4.69) is 21.2 Å². The molecule has 1 aromatic rings. The van der Waals surface area contributed by atoms with Crippen LogP contribution in [0.25, 0.3) is 0 Å². The predicted octanol–water partition coefficient (Wildman–Crippen LogP) is 2.49. The van der Waals surface area contributed by atoms with Crippen LogP contribution in [0.5, 0.6) is 5.75 Å². The minimum Gasteiger partial charge on any atom is -0.485 e. The van der Waals surface area contributed by atoms with Crippen LogP contribution in [0.4, 0.5) is 5.69 Å². The third kappa shape index (κ3) is 3.17. The van der Waals surface area contributed by atoms with Crippen LogP contribution >= 0.6 is 15.9 Å². The first kappa shape index (κ1) is 12.3. The fourth-order valence-electron chi connectivity index (χ4n) is 1.84. The number of hydrogen-bond acceptors (Lipinski definition) is 4. The highest BCUT2D eigenvalue weighted by Crippen LogP contribution is 2.30. The molecule has 1 aromatic carbocycles. The first-order chi connectivity index (χ1) is 8.16. The van der Waals surface area contributed by atoms with E-state index < -0.39 is 4.92 Å². The topological polar surface area (TPSA) is 64.4 Å². The number of halogens is 1. The molecule has 1 atom stereocenters. The Morgan fingerprint density at radius 2 is 2.41 bits per heavy atom. The van der Waals surface area contributed by atoms with Crippen molar-refractivity contribution in [3.63, 3.8) is 0 Å². The van der Waals surface area contributed by atoms with Crippen molar-refractivity contribution in [3.8, 4) is 5.75 Å². The fraction of sp³-hybridized carbons (Fsp3) is 0.455. The summed E-state index contributed by atoms with van der Waals surface area (Å²) in [5.74, 6) is 0.318. The molecule has 6 heteroatoms. The minimum absolute atomic E-state index is 0.00574. The highest BCUT2D eigenvalue weighted by Gasteiger charge is 2.19. The third-order valence-electron chi connectivity index (χ3n) is 2.72. The normalized spacial score (nSPS) is 19.2. The van der Waals surface area contributed by atoms with E-state index in [1.54, 1.807) is 12.1 Å². The van der Waals surface area contributed by atoms with Crippen LogP contribution in [0.15, 0.2) is 22.7 Å². The van der Waals surface area contributed by atoms with E-state index in [-0.39, 0.29) is 5.69 Å². The second kappa shape index (κ2) is 5.46. The number of nitro benzene ring substituents is 1. The van der Waals surface area contributed by atoms with Gasteiger partial charge in [-0.1, -0.05) is 15.9 Å². The van der Waals surface area contributed by atoms with Gasteiger partial charge in [0.2, 0.25) is 0 Å². The molecule has 1 aliphatic heterocycles. The number of hydrogen-bond donors (Lipinski definition) is 1. The van der Waals surface area contributed by atoms with Gasteiger partial charge in [0.25, 0.3) is 0 Å². The van der Waals surface area contributed by atoms with Crippen molar-refractivity contribution in [2.75, 3.05) is 13.2 Å². The number of ether oxygens (including phenoxy) is 1. The average Bonchev–Trinajstić information content (AvgIpc) is 2.78. The summed E-state index contributed by atoms with van der Waals surface area (Å²) < 4.78 is 6.30. The van der Waals surface area contributed by atoms with Crippen molar-refractivity contribution >= 4 is 21.6 Å². The molecule has 1 N–H and O–H groups in total. The first-order valence-electron chi connectivity index (χ1n) is 5.47. The fourth-order valence-corrected chi connectivity index (χ4v) is 2.18. The summed E-state index contributed by atoms with van der Waals surface area (Å²) in [5.41, 5.74) is 0.00574. The lowest BCUT2D eigenvalue weighted by atomic mass is 10.2. The molecule has 2 rings (SSSR count). The van der Waals surface area contributed by atoms with Gasteiger partial charge in [0.1, 0.15) is 6.61 Å². The van der Waals surface area contributed by atoms with Gasteiger partial charge in [0, 0.05) is 22.6 Å². The Balaban J connectivity index is 2.07. The summed E-state index contributed by atoms with van der Waals surface area (Å²) in [6.07, 6.45) is 2.19. The Morgan fingerprint density at radius 1 is 1.59 bits per heavy atom. The highest BCUT2D eigenvalue weighted by atomic mass is 79.9. The van der Waals surface area contributed by atoms with Crippen molar-refractivity contribution in [2.45, 2.75) is 18.9 Å². The van der Waals surface area contributed by atoms with Crippen LogP contribution < -0.4 is 10.1 Å². The molecule has 1 aliphatic rings. The van der Waals surface area contributed by atoms with E-state index in [0.29, 0.717) is 18.4 Å². The monoisotopic (exact) mass is 300 g/mol. The lowest BCUT2D eigenvalue weighted by Crippen LogP contribution is -2.28. The van der Waals surface area contributed by atoms with Crippen LogP contribution in [0, 0.1) is 10.1 Å². The maximum Gasteiger partial charge on any atom is 0.310 e. The Hall–Kier alpha value is -1.14. The number of nitrogens with zero attached hydrogens (tertiary/aromatic N) is 1. The third-order valence-corrected chi connectivity index (χ3v) is 3.21. The Kier molecular flexibility index (Phi) is 3.96. The zero-order valence-electron chi connectivity index (χ0n) is 9.19. The molecule has 1 unspecified atom stereocenters. The quantitative estimate of drug-likeness (QED) is 0.685. The van der Waals surface area contributed by atoms with Gasteiger partial charge in [-0.2, -0.15) is 0 Å². The molecular formula is C11H13BrN2O3. The minimum atomic E-state index is -0.427. The summed E-state index contributed by atoms with van der Waals surface area (Å²) in [5, 5.41) is 14.1. The van der Waals surface area contributed by atoms with Gasteiger partial charge < -0.3 is 10.1 Å². The molecular weight excluding hydrogens is 288 g/mol. The Bertz CT molecular complexity index is 419. The summed E-state index contributed by atoms with van der Waals surface area (Å²) >= 11 is 3.28. The number of nitro groups is 1. The van der Waals surface area contributed by atoms with E-state index in [4.69, 9.17) is 4.74 Å². The lowest BCUT2D eigenvalue weighted by Gasteiger charge is -2.12. The zero-order chi connectivity index (χ0) is 12.3. The summed E-state index contributed by atoms with van der Waals surface area (Å²) in [4.78, 5) is 10.4. The molecule has 0 amide bonds. The SMILES string of the molecule is O=[N+]([O-])c1ccc(Br)cc1OCC1CCCN1. The summed E-state index contributed by atoms with van der Waals surface area (Å²) in [6.45, 7) is 1.46. The second-order valence-electron chi connectivity index (χ2n) is 3.97. The number of nitrogens with one attached hydrogen (secondary N) is 1. The molecule has 92 valence electrons. The van der Waals surface area contributed by atoms with Gasteiger partial charge in [0.15, 0.2) is 5.75 Å². The van der Waals surface area contributed by atoms with Gasteiger partial charge in [-0.15, -0.1) is 0 Å². The van der Waals surface area contributed by atoms with Gasteiger partial charge in [-0.05, 0) is 25.5 Å². The number of benzene rings is 1. The van der Waals surface area contributed by atoms with E-state index in [1.165, 1.54) is 6.07 Å². The molecule has 17 heavy (non-hydrogen) atoms. The van der Waals surface area contributed by atoms with E-state index in [9.17, 15) is 10.1 Å². The molecule has 0 radical (unpaired) electrons. The lowest BCUT2D eigenvalue weighted by molar-refractivity contribution is -0.385. The molecule has 0 bridgehead atoms. The molecule has 0 spiro atoms. The molecule has 1 saturated heterocycles. The van der Waals surface area contributed by atoms with E-state index in [1.807, 2.05) is 0 Å². The smallest absolute Gasteiger partial charge is 0.310 e. The molecule has 1 fully saturated rings. The maximum absolute atomic E-state index is 10.8. The van der Waals surface area contributed by atoms with Crippen molar-refractivity contribution < 1.29 is 9.66 Å². The first-order valence-corrected chi connectivity index (χ1v) is 6.26. The van der Waals surface area contributed by atoms with E-state index >= 15 is 0 Å². The van der Waals surface area contributed by atoms with Crippen molar-refractivity contribution in [3.05, 3.63) is 32.8 Å². The summed E-state index contributed by atoms with van der Waals surface area (Å²) in [7, 11) is 0. The largest absolute Gasteiger partial charge is 0.485 e. The van der Waals surface area contributed by atoms with Gasteiger partial charge in [-0.3, -0.25) is 10.1 Å². The average molecular weight is 301 g/mol.